The van der Waals surface area contributed by atoms with Gasteiger partial charge < -0.3 is 40.8 Å². The number of rotatable bonds is 4. The Bertz CT molecular complexity index is 1230. The third-order valence-electron chi connectivity index (χ3n) is 5.28. The predicted octanol–water partition coefficient (Wildman–Crippen LogP) is 3.48. The van der Waals surface area contributed by atoms with Crippen LogP contribution >= 0.6 is 22.6 Å². The summed E-state index contributed by atoms with van der Waals surface area (Å²) in [6.45, 7) is 4.34. The second-order valence-electron chi connectivity index (χ2n) is 10.5. The molecule has 0 atom stereocenters. The Morgan fingerprint density at radius 3 is 2.00 bits per heavy atom. The highest BCUT2D eigenvalue weighted by Gasteiger charge is 2.13. The highest BCUT2D eigenvalue weighted by Crippen LogP contribution is 2.24. The van der Waals surface area contributed by atoms with E-state index in [1.807, 2.05) is 24.0 Å². The molecule has 41 heavy (non-hydrogen) atoms. The fourth-order valence-electron chi connectivity index (χ4n) is 3.77. The van der Waals surface area contributed by atoms with Crippen LogP contribution in [0.25, 0.3) is 21.8 Å². The molecule has 0 amide bonds. The summed E-state index contributed by atoms with van der Waals surface area (Å²) >= 11 is 2.15. The molecule has 0 fully saturated rings. The minimum Gasteiger partial charge on any atom is -0.829 e. The summed E-state index contributed by atoms with van der Waals surface area (Å²) in [5, 5.41) is 25.8. The molecule has 5 rings (SSSR count). The number of alkyl halides is 1. The number of para-hydroxylation sites is 2. The van der Waals surface area contributed by atoms with Crippen LogP contribution in [0.5, 0.6) is 0 Å². The molecule has 2 aromatic carbocycles. The molecule has 4 aromatic rings. The Balaban J connectivity index is 0.000000529. The quantitative estimate of drug-likeness (QED) is 0.0856. The monoisotopic (exact) mass is 680 g/mol. The number of H-pyrrole nitrogens is 2. The summed E-state index contributed by atoms with van der Waals surface area (Å²) in [6, 6.07) is 16.8. The number of hydrogen-bond acceptors (Lipinski definition) is 6. The summed E-state index contributed by atoms with van der Waals surface area (Å²) in [5.41, 5.74) is 12.2. The van der Waals surface area contributed by atoms with E-state index >= 15 is 0 Å². The third kappa shape index (κ3) is 16.0. The van der Waals surface area contributed by atoms with Crippen molar-refractivity contribution in [2.45, 2.75) is 19.4 Å². The largest absolute Gasteiger partial charge is 0.829 e. The SMILES string of the molecule is C[N+](C)(C)O[11CH2][O-].C[N+](C)(C)[O-].NCCc1c[nH]c2ccccc12.[11CH2]=O.[11CH3]I.c1ccc2c3c([nH]c2c1)[11CH2]NCC3. The molecule has 230 valence electrons. The van der Waals surface area contributed by atoms with Gasteiger partial charge in [-0.3, -0.25) is 0 Å². The Labute approximate surface area is 258 Å². The van der Waals surface area contributed by atoms with Crippen molar-refractivity contribution in [1.29, 1.82) is 0 Å². The lowest BCUT2D eigenvalue weighted by Crippen LogP contribution is -2.37. The number of carbonyl (C=O) groups excluding carboxylic acids is 1. The molecule has 0 aliphatic carbocycles. The number of nitrogens with one attached hydrogen (secondary N) is 3. The molecular formula is C30H49IN6O4. The molecule has 0 bridgehead atoms. The van der Waals surface area contributed by atoms with Crippen molar-refractivity contribution in [3.63, 3.8) is 0 Å². The standard InChI is InChI=1S/C11H12N2.C10H12N2.C4H11NO2.C3H9NO.CH3I.CH2O/c1-2-4-10-8(3-1)9-5-6-12-7-11(9)13-10;11-6-5-8-7-12-10-4-2-1-3-9(8)10;1-5(2,3)7-4-6;1-4(2,3)5;2*1-2/h1-4,12-13H,5-7H2;1-4,7,12H,5-6,11H2;4H2,1-3H3;1-3H3;1H3;1H2/i7-1;;4-1;;2*1-1. The van der Waals surface area contributed by atoms with E-state index in [1.165, 1.54) is 38.6 Å². The molecule has 0 radical (unpaired) electrons. The highest BCUT2D eigenvalue weighted by atomic mass is 127. The molecule has 3 heterocycles. The normalized spacial score (nSPS) is 12.0. The minimum absolute atomic E-state index is 0.250. The first-order valence-electron chi connectivity index (χ1n) is 13.2. The van der Waals surface area contributed by atoms with Crippen LogP contribution in [-0.4, -0.2) is 93.1 Å². The van der Waals surface area contributed by atoms with Crippen LogP contribution in [0.15, 0.2) is 54.7 Å². The van der Waals surface area contributed by atoms with Crippen molar-refractivity contribution in [1.82, 2.24) is 15.3 Å². The number of nitrogens with two attached hydrogens (primary N) is 1. The number of hydroxylamine groups is 6. The fourth-order valence-corrected chi connectivity index (χ4v) is 3.77. The lowest BCUT2D eigenvalue weighted by Gasteiger charge is -2.27. The van der Waals surface area contributed by atoms with E-state index in [1.54, 1.807) is 42.3 Å². The Hall–Kier alpha value is -2.36. The second kappa shape index (κ2) is 20.5. The average molecular weight is 681 g/mol. The number of quaternary nitrogens is 2. The Kier molecular flexibility index (Phi) is 19.3. The molecule has 0 spiro atoms. The zero-order chi connectivity index (χ0) is 31.5. The lowest BCUT2D eigenvalue weighted by molar-refractivity contribution is -1.07. The summed E-state index contributed by atoms with van der Waals surface area (Å²) < 4.78 is 0.0312. The van der Waals surface area contributed by atoms with Gasteiger partial charge in [0.1, 0.15) is 6.79 Å². The number of hydrogen-bond donors (Lipinski definition) is 4. The van der Waals surface area contributed by atoms with Crippen molar-refractivity contribution in [3.8, 4) is 0 Å². The van der Waals surface area contributed by atoms with E-state index in [9.17, 15) is 10.3 Å². The maximum Gasteiger partial charge on any atom is 0.106 e. The first-order chi connectivity index (χ1) is 19.4. The fraction of sp³-hybridized carbons (Fsp3) is 0.433. The first-order valence-corrected chi connectivity index (χ1v) is 15.4. The molecule has 11 heteroatoms. The van der Waals surface area contributed by atoms with Crippen molar-refractivity contribution in [2.75, 3.05) is 67.1 Å². The van der Waals surface area contributed by atoms with E-state index in [0.717, 1.165) is 25.9 Å². The number of fused-ring (bicyclic) bond motifs is 4. The van der Waals surface area contributed by atoms with Gasteiger partial charge in [-0.25, -0.2) is 4.84 Å². The van der Waals surface area contributed by atoms with Gasteiger partial charge >= 0.3 is 0 Å². The topological polar surface area (TPSA) is 142 Å². The molecule has 1 aliphatic heterocycles. The zero-order valence-corrected chi connectivity index (χ0v) is 27.8. The maximum atomic E-state index is 10.0. The van der Waals surface area contributed by atoms with Gasteiger partial charge in [0.15, 0.2) is 0 Å². The van der Waals surface area contributed by atoms with Gasteiger partial charge in [-0.2, -0.15) is 4.65 Å². The summed E-state index contributed by atoms with van der Waals surface area (Å²) in [4.78, 5) is 21.3. The van der Waals surface area contributed by atoms with Crippen LogP contribution in [0, 0.1) is 5.21 Å². The molecule has 5 N–H and O–H groups in total. The van der Waals surface area contributed by atoms with Crippen LogP contribution in [0.4, 0.5) is 0 Å². The van der Waals surface area contributed by atoms with Crippen LogP contribution in [0.3, 0.4) is 0 Å². The predicted molar refractivity (Wildman–Crippen MR) is 177 cm³/mol. The number of aromatic nitrogens is 2. The van der Waals surface area contributed by atoms with Crippen molar-refractivity contribution in [3.05, 3.63) is 76.8 Å². The Morgan fingerprint density at radius 2 is 1.49 bits per heavy atom. The van der Waals surface area contributed by atoms with Gasteiger partial charge in [-0.1, -0.05) is 59.0 Å². The number of aromatic amines is 2. The van der Waals surface area contributed by atoms with Gasteiger partial charge in [0.05, 0.1) is 42.3 Å². The van der Waals surface area contributed by atoms with Crippen LogP contribution < -0.4 is 16.2 Å². The third-order valence-corrected chi connectivity index (χ3v) is 5.28. The number of carbonyl (C=O) groups is 1. The molecule has 10 nitrogen and oxygen atoms in total. The second-order valence-corrected chi connectivity index (χ2v) is 10.5. The van der Waals surface area contributed by atoms with Gasteiger partial charge in [0.2, 0.25) is 0 Å². The van der Waals surface area contributed by atoms with Gasteiger partial charge in [-0.05, 0) is 54.1 Å². The molecular weight excluding hydrogens is 631 g/mol. The van der Waals surface area contributed by atoms with E-state index in [0.29, 0.717) is 6.54 Å². The van der Waals surface area contributed by atoms with Gasteiger partial charge in [-0.15, -0.1) is 0 Å². The summed E-state index contributed by atoms with van der Waals surface area (Å²) in [6.07, 6.45) is 4.14. The summed E-state index contributed by atoms with van der Waals surface area (Å²) in [7, 11) is 10.1. The smallest absolute Gasteiger partial charge is 0.106 e. The van der Waals surface area contributed by atoms with Gasteiger partial charge in [0, 0.05) is 47.0 Å². The Morgan fingerprint density at radius 1 is 0.951 bits per heavy atom. The first kappa shape index (κ1) is 38.6. The van der Waals surface area contributed by atoms with Crippen molar-refractivity contribution in [2.24, 2.45) is 5.73 Å². The molecule has 0 unspecified atom stereocenters. The number of benzene rings is 2. The number of nitrogens with zero attached hydrogens (tertiary/aromatic N) is 2. The molecule has 1 aliphatic rings. The van der Waals surface area contributed by atoms with Crippen molar-refractivity contribution < 1.29 is 24.0 Å². The lowest BCUT2D eigenvalue weighted by atomic mass is 9.89. The van der Waals surface area contributed by atoms with Gasteiger partial charge in [0.25, 0.3) is 0 Å². The highest BCUT2D eigenvalue weighted by molar-refractivity contribution is 14.1. The van der Waals surface area contributed by atoms with E-state index in [4.69, 9.17) is 10.5 Å². The van der Waals surface area contributed by atoms with E-state index in [2.05, 4.69) is 85.2 Å². The minimum atomic E-state index is -0.469. The van der Waals surface area contributed by atoms with Crippen LogP contribution in [0.1, 0.15) is 16.8 Å². The molecule has 0 saturated carbocycles. The van der Waals surface area contributed by atoms with E-state index in [-0.39, 0.29) is 9.29 Å². The number of halogens is 1. The average Bonchev–Trinajstić information content (AvgIpc) is 3.52. The molecule has 0 saturated heterocycles. The van der Waals surface area contributed by atoms with Crippen LogP contribution in [0.2, 0.25) is 0 Å². The van der Waals surface area contributed by atoms with Crippen LogP contribution in [-0.2, 0) is 29.0 Å². The van der Waals surface area contributed by atoms with Crippen molar-refractivity contribution >= 4 is 51.2 Å². The maximum absolute atomic E-state index is 10.0. The van der Waals surface area contributed by atoms with E-state index < -0.39 is 6.79 Å². The zero-order valence-electron chi connectivity index (χ0n) is 25.6. The molecule has 2 aromatic heterocycles. The summed E-state index contributed by atoms with van der Waals surface area (Å²) in [5.74, 6) is 0.